The maximum Gasteiger partial charge on any atom is 0.145 e. The van der Waals surface area contributed by atoms with Gasteiger partial charge in [0.1, 0.15) is 5.65 Å². The van der Waals surface area contributed by atoms with Gasteiger partial charge < -0.3 is 0 Å². The van der Waals surface area contributed by atoms with Gasteiger partial charge in [0.25, 0.3) is 0 Å². The van der Waals surface area contributed by atoms with Crippen molar-refractivity contribution in [2.24, 2.45) is 0 Å². The minimum absolute atomic E-state index is 0.955. The van der Waals surface area contributed by atoms with Crippen molar-refractivity contribution in [3.8, 4) is 22.3 Å². The molecule has 3 aromatic carbocycles. The highest BCUT2D eigenvalue weighted by Crippen LogP contribution is 2.54. The Labute approximate surface area is 178 Å². The topological polar surface area (TPSA) is 30.2 Å². The number of aromatic nitrogens is 3. The van der Waals surface area contributed by atoms with Crippen LogP contribution in [0.5, 0.6) is 0 Å². The van der Waals surface area contributed by atoms with Gasteiger partial charge in [-0.25, -0.2) is 4.98 Å². The monoisotopic (exact) mass is 395 g/mol. The van der Waals surface area contributed by atoms with Crippen LogP contribution in [0.3, 0.4) is 0 Å². The van der Waals surface area contributed by atoms with Crippen LogP contribution in [0.2, 0.25) is 0 Å². The van der Waals surface area contributed by atoms with Crippen LogP contribution in [-0.4, -0.2) is 14.4 Å². The molecule has 0 bridgehead atoms. The molecule has 0 unspecified atom stereocenters. The summed E-state index contributed by atoms with van der Waals surface area (Å²) in [6, 6.07) is 20.0. The molecule has 3 aromatic heterocycles. The number of imidazole rings is 1. The number of hydrogen-bond donors (Lipinski definition) is 0. The summed E-state index contributed by atoms with van der Waals surface area (Å²) in [5, 5.41) is 3.92. The first-order valence-corrected chi connectivity index (χ1v) is 10.8. The standard InChI is InChI=1S/C28H17N3/c1-3-7-18-16(5-1)13-21-24(18)25-19-8-4-2-6-17(19)14-22(25)27-26(21)20-9-10-29-15-23(20)31-12-11-30-28(27)31/h1-12,15H,13-14H2. The lowest BCUT2D eigenvalue weighted by atomic mass is 9.88. The van der Waals surface area contributed by atoms with Crippen LogP contribution in [-0.2, 0) is 12.8 Å². The fraction of sp³-hybridized carbons (Fsp3) is 0.0714. The van der Waals surface area contributed by atoms with Crippen molar-refractivity contribution in [3.05, 3.63) is 102 Å². The molecular weight excluding hydrogens is 378 g/mol. The highest BCUT2D eigenvalue weighted by Gasteiger charge is 2.33. The third-order valence-corrected chi connectivity index (χ3v) is 7.21. The molecule has 8 rings (SSSR count). The molecule has 0 spiro atoms. The summed E-state index contributed by atoms with van der Waals surface area (Å²) in [4.78, 5) is 9.29. The summed E-state index contributed by atoms with van der Waals surface area (Å²) in [6.07, 6.45) is 9.79. The normalized spacial score (nSPS) is 13.5. The number of rotatable bonds is 0. The number of nitrogens with zero attached hydrogens (tertiary/aromatic N) is 3. The molecule has 0 fully saturated rings. The molecule has 0 amide bonds. The molecule has 6 aromatic rings. The van der Waals surface area contributed by atoms with Crippen LogP contribution >= 0.6 is 0 Å². The number of pyridine rings is 2. The van der Waals surface area contributed by atoms with E-state index >= 15 is 0 Å². The highest BCUT2D eigenvalue weighted by molar-refractivity contribution is 6.20. The second-order valence-corrected chi connectivity index (χ2v) is 8.64. The summed E-state index contributed by atoms with van der Waals surface area (Å²) in [7, 11) is 0. The number of hydrogen-bond acceptors (Lipinski definition) is 2. The van der Waals surface area contributed by atoms with E-state index in [1.807, 2.05) is 18.6 Å². The van der Waals surface area contributed by atoms with E-state index in [4.69, 9.17) is 4.98 Å². The maximum atomic E-state index is 4.85. The lowest BCUT2D eigenvalue weighted by molar-refractivity contribution is 1.22. The second-order valence-electron chi connectivity index (χ2n) is 8.64. The average molecular weight is 395 g/mol. The zero-order valence-electron chi connectivity index (χ0n) is 16.8. The van der Waals surface area contributed by atoms with Gasteiger partial charge in [-0.15, -0.1) is 0 Å². The molecular formula is C28H17N3. The molecule has 2 aliphatic carbocycles. The smallest absolute Gasteiger partial charge is 0.145 e. The molecule has 0 atom stereocenters. The molecule has 3 heteroatoms. The first kappa shape index (κ1) is 15.8. The van der Waals surface area contributed by atoms with Crippen molar-refractivity contribution in [2.45, 2.75) is 12.8 Å². The fourth-order valence-corrected chi connectivity index (χ4v) is 6.04. The zero-order chi connectivity index (χ0) is 20.1. The SMILES string of the molecule is c1ccc2c(c1)Cc1c-2c2c(c3c1c1ccncc1n1ccnc31)Cc1ccccc1-2. The minimum atomic E-state index is 0.955. The van der Waals surface area contributed by atoms with E-state index in [-0.39, 0.29) is 0 Å². The molecule has 0 N–H and O–H groups in total. The van der Waals surface area contributed by atoms with Crippen molar-refractivity contribution in [1.82, 2.24) is 14.4 Å². The van der Waals surface area contributed by atoms with E-state index in [0.717, 1.165) is 24.0 Å². The number of fused-ring (bicyclic) bond motifs is 15. The van der Waals surface area contributed by atoms with E-state index in [1.54, 1.807) is 0 Å². The molecule has 0 saturated heterocycles. The van der Waals surface area contributed by atoms with E-state index in [0.29, 0.717) is 0 Å². The van der Waals surface area contributed by atoms with Crippen molar-refractivity contribution < 1.29 is 0 Å². The third kappa shape index (κ3) is 1.81. The van der Waals surface area contributed by atoms with Crippen LogP contribution in [0.25, 0.3) is 49.6 Å². The van der Waals surface area contributed by atoms with E-state index < -0.39 is 0 Å². The Morgan fingerprint density at radius 2 is 1.39 bits per heavy atom. The summed E-state index contributed by atoms with van der Waals surface area (Å²) >= 11 is 0. The maximum absolute atomic E-state index is 4.85. The van der Waals surface area contributed by atoms with Crippen LogP contribution in [0.1, 0.15) is 22.3 Å². The predicted molar refractivity (Wildman–Crippen MR) is 124 cm³/mol. The van der Waals surface area contributed by atoms with Crippen molar-refractivity contribution >= 4 is 27.3 Å². The molecule has 31 heavy (non-hydrogen) atoms. The van der Waals surface area contributed by atoms with Crippen molar-refractivity contribution in [2.75, 3.05) is 0 Å². The van der Waals surface area contributed by atoms with E-state index in [2.05, 4.69) is 70.2 Å². The van der Waals surface area contributed by atoms with E-state index in [9.17, 15) is 0 Å². The van der Waals surface area contributed by atoms with Gasteiger partial charge in [-0.3, -0.25) is 9.38 Å². The fourth-order valence-electron chi connectivity index (χ4n) is 6.04. The van der Waals surface area contributed by atoms with Crippen LogP contribution < -0.4 is 0 Å². The van der Waals surface area contributed by atoms with Gasteiger partial charge in [0.15, 0.2) is 0 Å². The van der Waals surface area contributed by atoms with Gasteiger partial charge in [0.2, 0.25) is 0 Å². The van der Waals surface area contributed by atoms with Gasteiger partial charge in [-0.2, -0.15) is 0 Å². The Morgan fingerprint density at radius 3 is 2.13 bits per heavy atom. The zero-order valence-corrected chi connectivity index (χ0v) is 16.8. The first-order valence-electron chi connectivity index (χ1n) is 10.8. The summed E-state index contributed by atoms with van der Waals surface area (Å²) in [5.74, 6) is 0. The third-order valence-electron chi connectivity index (χ3n) is 7.21. The van der Waals surface area contributed by atoms with Crippen molar-refractivity contribution in [1.29, 1.82) is 0 Å². The molecule has 0 radical (unpaired) electrons. The Kier molecular flexibility index (Phi) is 2.74. The summed E-state index contributed by atoms with van der Waals surface area (Å²) in [5.41, 5.74) is 13.5. The lowest BCUT2D eigenvalue weighted by Gasteiger charge is -2.18. The molecule has 3 nitrogen and oxygen atoms in total. The van der Waals surface area contributed by atoms with Gasteiger partial charge in [0.05, 0.1) is 11.7 Å². The Morgan fingerprint density at radius 1 is 0.710 bits per heavy atom. The largest absolute Gasteiger partial charge is 0.298 e. The van der Waals surface area contributed by atoms with Crippen LogP contribution in [0.4, 0.5) is 0 Å². The Hall–Kier alpha value is -3.98. The molecule has 3 heterocycles. The molecule has 0 saturated carbocycles. The summed E-state index contributed by atoms with van der Waals surface area (Å²) < 4.78 is 2.21. The van der Waals surface area contributed by atoms with Crippen molar-refractivity contribution in [3.63, 3.8) is 0 Å². The second kappa shape index (κ2) is 5.38. The van der Waals surface area contributed by atoms with Gasteiger partial charge in [-0.05, 0) is 68.8 Å². The van der Waals surface area contributed by atoms with Crippen LogP contribution in [0, 0.1) is 0 Å². The first-order chi connectivity index (χ1) is 15.4. The highest BCUT2D eigenvalue weighted by atomic mass is 15.0. The lowest BCUT2D eigenvalue weighted by Crippen LogP contribution is -1.99. The molecule has 2 aliphatic rings. The molecule has 0 aliphatic heterocycles. The minimum Gasteiger partial charge on any atom is -0.298 e. The quantitative estimate of drug-likeness (QED) is 0.287. The number of benzene rings is 3. The average Bonchev–Trinajstić information content (AvgIpc) is 3.53. The molecule has 144 valence electrons. The summed E-state index contributed by atoms with van der Waals surface area (Å²) in [6.45, 7) is 0. The van der Waals surface area contributed by atoms with E-state index in [1.165, 1.54) is 60.7 Å². The van der Waals surface area contributed by atoms with Gasteiger partial charge >= 0.3 is 0 Å². The Balaban J connectivity index is 1.71. The predicted octanol–water partition coefficient (Wildman–Crippen LogP) is 6.18. The van der Waals surface area contributed by atoms with Gasteiger partial charge in [-0.1, -0.05) is 48.5 Å². The van der Waals surface area contributed by atoms with Gasteiger partial charge in [0, 0.05) is 29.4 Å². The van der Waals surface area contributed by atoms with Crippen LogP contribution in [0.15, 0.2) is 79.4 Å². The Bertz CT molecular complexity index is 1740.